The van der Waals surface area contributed by atoms with Crippen molar-refractivity contribution in [1.29, 1.82) is 0 Å². The first-order valence-electron chi connectivity index (χ1n) is 6.66. The highest BCUT2D eigenvalue weighted by Crippen LogP contribution is 2.16. The molecule has 4 heteroatoms. The molecule has 1 saturated heterocycles. The molecule has 1 aliphatic rings. The Hall–Kier alpha value is -0.900. The van der Waals surface area contributed by atoms with Crippen LogP contribution in [0, 0.1) is 5.92 Å². The zero-order valence-corrected chi connectivity index (χ0v) is 10.9. The first-order chi connectivity index (χ1) is 8.19. The molecule has 0 spiro atoms. The first kappa shape index (κ1) is 14.2. The summed E-state index contributed by atoms with van der Waals surface area (Å²) in [6.07, 6.45) is 5.11. The number of amides is 1. The number of hydrogen-bond donors (Lipinski definition) is 1. The van der Waals surface area contributed by atoms with Gasteiger partial charge in [0.25, 0.3) is 0 Å². The van der Waals surface area contributed by atoms with Gasteiger partial charge in [-0.1, -0.05) is 13.3 Å². The van der Waals surface area contributed by atoms with Gasteiger partial charge in [0.05, 0.1) is 6.04 Å². The van der Waals surface area contributed by atoms with Crippen LogP contribution in [0.15, 0.2) is 0 Å². The van der Waals surface area contributed by atoms with Gasteiger partial charge in [0.15, 0.2) is 0 Å². The van der Waals surface area contributed by atoms with E-state index in [9.17, 15) is 9.59 Å². The van der Waals surface area contributed by atoms with Crippen LogP contribution in [-0.4, -0.2) is 42.8 Å². The summed E-state index contributed by atoms with van der Waals surface area (Å²) in [7, 11) is 0. The van der Waals surface area contributed by atoms with E-state index in [2.05, 4.69) is 17.1 Å². The summed E-state index contributed by atoms with van der Waals surface area (Å²) < 4.78 is 0. The van der Waals surface area contributed by atoms with Gasteiger partial charge >= 0.3 is 0 Å². The molecule has 2 unspecified atom stereocenters. The maximum absolute atomic E-state index is 11.9. The van der Waals surface area contributed by atoms with Gasteiger partial charge in [-0.25, -0.2) is 0 Å². The molecule has 0 radical (unpaired) electrons. The molecule has 0 aromatic carbocycles. The lowest BCUT2D eigenvalue weighted by molar-refractivity contribution is -0.127. The fourth-order valence-corrected chi connectivity index (χ4v) is 2.21. The molecule has 4 nitrogen and oxygen atoms in total. The van der Waals surface area contributed by atoms with Crippen molar-refractivity contribution in [2.45, 2.75) is 45.6 Å². The van der Waals surface area contributed by atoms with Crippen LogP contribution in [0.3, 0.4) is 0 Å². The lowest BCUT2D eigenvalue weighted by Gasteiger charge is -2.34. The standard InChI is InChI=1S/C13H24N2O2/c1-3-4-7-14-13(17)11(2)15-8-5-6-12(9-15)10-16/h10-12H,3-9H2,1-2H3,(H,14,17). The molecule has 0 bridgehead atoms. The highest BCUT2D eigenvalue weighted by atomic mass is 16.2. The number of likely N-dealkylation sites (tertiary alicyclic amines) is 1. The third-order valence-electron chi connectivity index (χ3n) is 3.44. The van der Waals surface area contributed by atoms with Crippen molar-refractivity contribution in [3.63, 3.8) is 0 Å². The minimum absolute atomic E-state index is 0.0880. The van der Waals surface area contributed by atoms with Gasteiger partial charge in [-0.3, -0.25) is 9.69 Å². The SMILES string of the molecule is CCCCNC(=O)C(C)N1CCCC(C=O)C1. The second kappa shape index (κ2) is 7.43. The Morgan fingerprint density at radius 2 is 2.35 bits per heavy atom. The van der Waals surface area contributed by atoms with Crippen molar-refractivity contribution in [3.8, 4) is 0 Å². The number of unbranched alkanes of at least 4 members (excludes halogenated alkanes) is 1. The van der Waals surface area contributed by atoms with Crippen LogP contribution < -0.4 is 5.32 Å². The van der Waals surface area contributed by atoms with Gasteiger partial charge in [-0.2, -0.15) is 0 Å². The van der Waals surface area contributed by atoms with E-state index in [-0.39, 0.29) is 17.9 Å². The molecule has 1 aliphatic heterocycles. The van der Waals surface area contributed by atoms with Crippen molar-refractivity contribution >= 4 is 12.2 Å². The van der Waals surface area contributed by atoms with Gasteiger partial charge in [0.1, 0.15) is 6.29 Å². The third kappa shape index (κ3) is 4.46. The zero-order chi connectivity index (χ0) is 12.7. The summed E-state index contributed by atoms with van der Waals surface area (Å²) in [5.74, 6) is 0.194. The average Bonchev–Trinajstić information content (AvgIpc) is 2.38. The molecule has 98 valence electrons. The van der Waals surface area contributed by atoms with E-state index in [4.69, 9.17) is 0 Å². The summed E-state index contributed by atoms with van der Waals surface area (Å²) >= 11 is 0. The second-order valence-corrected chi connectivity index (χ2v) is 4.85. The van der Waals surface area contributed by atoms with Crippen LogP contribution >= 0.6 is 0 Å². The molecule has 1 fully saturated rings. The predicted octanol–water partition coefficient (Wildman–Crippen LogP) is 1.20. The maximum Gasteiger partial charge on any atom is 0.237 e. The highest BCUT2D eigenvalue weighted by Gasteiger charge is 2.26. The van der Waals surface area contributed by atoms with E-state index >= 15 is 0 Å². The number of nitrogens with zero attached hydrogens (tertiary/aromatic N) is 1. The van der Waals surface area contributed by atoms with E-state index in [0.717, 1.165) is 51.6 Å². The fourth-order valence-electron chi connectivity index (χ4n) is 2.21. The Kier molecular flexibility index (Phi) is 6.19. The van der Waals surface area contributed by atoms with Crippen LogP contribution in [0.1, 0.15) is 39.5 Å². The Labute approximate surface area is 104 Å². The minimum atomic E-state index is -0.116. The Balaban J connectivity index is 2.37. The molecule has 1 amide bonds. The minimum Gasteiger partial charge on any atom is -0.355 e. The second-order valence-electron chi connectivity index (χ2n) is 4.85. The van der Waals surface area contributed by atoms with Crippen molar-refractivity contribution in [1.82, 2.24) is 10.2 Å². The number of carbonyl (C=O) groups excluding carboxylic acids is 2. The van der Waals surface area contributed by atoms with Crippen LogP contribution in [0.5, 0.6) is 0 Å². The topological polar surface area (TPSA) is 49.4 Å². The Morgan fingerprint density at radius 1 is 1.59 bits per heavy atom. The molecule has 1 rings (SSSR count). The largest absolute Gasteiger partial charge is 0.355 e. The highest BCUT2D eigenvalue weighted by molar-refractivity contribution is 5.81. The van der Waals surface area contributed by atoms with E-state index < -0.39 is 0 Å². The van der Waals surface area contributed by atoms with Gasteiger partial charge in [0, 0.05) is 19.0 Å². The normalized spacial score (nSPS) is 23.1. The number of hydrogen-bond acceptors (Lipinski definition) is 3. The summed E-state index contributed by atoms with van der Waals surface area (Å²) in [6, 6.07) is -0.116. The molecule has 17 heavy (non-hydrogen) atoms. The van der Waals surface area contributed by atoms with Crippen LogP contribution in [-0.2, 0) is 9.59 Å². The van der Waals surface area contributed by atoms with Crippen molar-refractivity contribution < 1.29 is 9.59 Å². The monoisotopic (exact) mass is 240 g/mol. The summed E-state index contributed by atoms with van der Waals surface area (Å²) in [5, 5.41) is 2.94. The predicted molar refractivity (Wildman–Crippen MR) is 67.7 cm³/mol. The number of piperidine rings is 1. The number of nitrogens with one attached hydrogen (secondary N) is 1. The van der Waals surface area contributed by atoms with Gasteiger partial charge in [-0.15, -0.1) is 0 Å². The van der Waals surface area contributed by atoms with Crippen LogP contribution in [0.2, 0.25) is 0 Å². The quantitative estimate of drug-likeness (QED) is 0.560. The van der Waals surface area contributed by atoms with E-state index in [1.165, 1.54) is 0 Å². The molecule has 2 atom stereocenters. The van der Waals surface area contributed by atoms with E-state index in [1.807, 2.05) is 6.92 Å². The number of aldehydes is 1. The maximum atomic E-state index is 11.9. The molecule has 0 saturated carbocycles. The Bertz CT molecular complexity index is 256. The zero-order valence-electron chi connectivity index (χ0n) is 10.9. The first-order valence-corrected chi connectivity index (χ1v) is 6.66. The summed E-state index contributed by atoms with van der Waals surface area (Å²) in [4.78, 5) is 24.8. The molecule has 0 aromatic heterocycles. The van der Waals surface area contributed by atoms with E-state index in [0.29, 0.717) is 0 Å². The van der Waals surface area contributed by atoms with Crippen LogP contribution in [0.25, 0.3) is 0 Å². The third-order valence-corrected chi connectivity index (χ3v) is 3.44. The van der Waals surface area contributed by atoms with Gasteiger partial charge < -0.3 is 10.1 Å². The molecule has 0 aromatic rings. The van der Waals surface area contributed by atoms with Crippen LogP contribution in [0.4, 0.5) is 0 Å². The van der Waals surface area contributed by atoms with Crippen molar-refractivity contribution in [2.75, 3.05) is 19.6 Å². The smallest absolute Gasteiger partial charge is 0.237 e. The molecular weight excluding hydrogens is 216 g/mol. The van der Waals surface area contributed by atoms with E-state index in [1.54, 1.807) is 0 Å². The Morgan fingerprint density at radius 3 is 3.00 bits per heavy atom. The lowest BCUT2D eigenvalue weighted by Crippen LogP contribution is -2.49. The summed E-state index contributed by atoms with van der Waals surface area (Å²) in [6.45, 7) is 6.44. The molecule has 1 heterocycles. The van der Waals surface area contributed by atoms with Gasteiger partial charge in [0.2, 0.25) is 5.91 Å². The van der Waals surface area contributed by atoms with Crippen molar-refractivity contribution in [3.05, 3.63) is 0 Å². The fraction of sp³-hybridized carbons (Fsp3) is 0.846. The summed E-state index contributed by atoms with van der Waals surface area (Å²) in [5.41, 5.74) is 0. The molecule has 1 N–H and O–H groups in total. The molecular formula is C13H24N2O2. The van der Waals surface area contributed by atoms with Gasteiger partial charge in [-0.05, 0) is 32.7 Å². The average molecular weight is 240 g/mol. The molecule has 0 aliphatic carbocycles. The lowest BCUT2D eigenvalue weighted by atomic mass is 9.98. The van der Waals surface area contributed by atoms with Crippen molar-refractivity contribution in [2.24, 2.45) is 5.92 Å². The number of rotatable bonds is 6. The number of carbonyl (C=O) groups is 2.